The first-order valence-electron chi connectivity index (χ1n) is 3.63. The zero-order valence-electron chi connectivity index (χ0n) is 7.37. The van der Waals surface area contributed by atoms with Crippen LogP contribution >= 0.6 is 0 Å². The Hall–Kier alpha value is -1.85. The maximum atomic E-state index is 11.1. The van der Waals surface area contributed by atoms with Crippen molar-refractivity contribution in [2.24, 2.45) is 5.10 Å². The van der Waals surface area contributed by atoms with Crippen molar-refractivity contribution in [1.82, 2.24) is 15.0 Å². The Morgan fingerprint density at radius 3 is 2.69 bits per heavy atom. The minimum Gasteiger partial charge on any atom is -0.313 e. The van der Waals surface area contributed by atoms with Crippen LogP contribution in [0, 0.1) is 0 Å². The Kier molecular flexibility index (Phi) is 2.63. The molecule has 0 saturated carbocycles. The Morgan fingerprint density at radius 2 is 2.15 bits per heavy atom. The van der Waals surface area contributed by atoms with E-state index in [9.17, 15) is 9.59 Å². The summed E-state index contributed by atoms with van der Waals surface area (Å²) in [5.74, 6) is 0. The summed E-state index contributed by atoms with van der Waals surface area (Å²) in [5, 5.41) is 5.40. The zero-order valence-corrected chi connectivity index (χ0v) is 7.37. The molecule has 6 nitrogen and oxygen atoms in total. The molecule has 13 heavy (non-hydrogen) atoms. The summed E-state index contributed by atoms with van der Waals surface area (Å²) in [6.07, 6.45) is 2.68. The molecule has 1 aromatic heterocycles. The highest BCUT2D eigenvalue weighted by atomic mass is 16.2. The highest BCUT2D eigenvalue weighted by molar-refractivity contribution is 5.78. The van der Waals surface area contributed by atoms with Gasteiger partial charge in [-0.1, -0.05) is 0 Å². The summed E-state index contributed by atoms with van der Waals surface area (Å²) in [5.41, 5.74) is -0.658. The SMILES string of the molecule is CN(C)/N=C/c1c[nH]c(=O)[nH]c1=O. The van der Waals surface area contributed by atoms with Gasteiger partial charge in [-0.05, 0) is 0 Å². The van der Waals surface area contributed by atoms with Crippen molar-refractivity contribution in [2.75, 3.05) is 14.1 Å². The number of aromatic nitrogens is 2. The first-order valence-corrected chi connectivity index (χ1v) is 3.63. The first-order chi connectivity index (χ1) is 6.09. The van der Waals surface area contributed by atoms with Gasteiger partial charge in [-0.2, -0.15) is 5.10 Å². The second-order valence-electron chi connectivity index (χ2n) is 2.62. The lowest BCUT2D eigenvalue weighted by atomic mass is 10.4. The summed E-state index contributed by atoms with van der Waals surface area (Å²) in [7, 11) is 3.47. The van der Waals surface area contributed by atoms with Gasteiger partial charge in [0.2, 0.25) is 0 Å². The number of H-pyrrole nitrogens is 2. The quantitative estimate of drug-likeness (QED) is 0.452. The monoisotopic (exact) mass is 182 g/mol. The molecular formula is C7H10N4O2. The van der Waals surface area contributed by atoms with Gasteiger partial charge in [-0.15, -0.1) is 0 Å². The van der Waals surface area contributed by atoms with Crippen LogP contribution in [0.4, 0.5) is 0 Å². The van der Waals surface area contributed by atoms with Crippen LogP contribution in [0.25, 0.3) is 0 Å². The van der Waals surface area contributed by atoms with E-state index in [0.29, 0.717) is 5.56 Å². The van der Waals surface area contributed by atoms with E-state index in [2.05, 4.69) is 15.1 Å². The van der Waals surface area contributed by atoms with E-state index in [-0.39, 0.29) is 0 Å². The van der Waals surface area contributed by atoms with Gasteiger partial charge in [0.05, 0.1) is 11.8 Å². The number of rotatable bonds is 2. The Bertz CT molecular complexity index is 415. The van der Waals surface area contributed by atoms with Gasteiger partial charge in [0, 0.05) is 20.3 Å². The smallest absolute Gasteiger partial charge is 0.313 e. The number of hydrazone groups is 1. The van der Waals surface area contributed by atoms with E-state index >= 15 is 0 Å². The Morgan fingerprint density at radius 1 is 1.46 bits per heavy atom. The standard InChI is InChI=1S/C7H10N4O2/c1-11(2)9-4-5-3-8-7(13)10-6(5)12/h3-4H,1-2H3,(H2,8,10,12,13)/b9-4+. The molecule has 2 N–H and O–H groups in total. The predicted molar refractivity (Wildman–Crippen MR) is 49.0 cm³/mol. The van der Waals surface area contributed by atoms with E-state index in [4.69, 9.17) is 0 Å². The second kappa shape index (κ2) is 3.70. The summed E-state index contributed by atoms with van der Waals surface area (Å²) < 4.78 is 0. The molecule has 0 unspecified atom stereocenters. The molecule has 6 heteroatoms. The summed E-state index contributed by atoms with van der Waals surface area (Å²) in [4.78, 5) is 26.1. The molecular weight excluding hydrogens is 172 g/mol. The molecule has 0 aromatic carbocycles. The van der Waals surface area contributed by atoms with Gasteiger partial charge in [0.25, 0.3) is 5.56 Å². The largest absolute Gasteiger partial charge is 0.325 e. The van der Waals surface area contributed by atoms with Crippen LogP contribution in [0.5, 0.6) is 0 Å². The lowest BCUT2D eigenvalue weighted by Crippen LogP contribution is -2.24. The van der Waals surface area contributed by atoms with E-state index in [0.717, 1.165) is 0 Å². The predicted octanol–water partition coefficient (Wildman–Crippen LogP) is -1.04. The molecule has 0 fully saturated rings. The Labute approximate surface area is 73.9 Å². The zero-order chi connectivity index (χ0) is 9.84. The van der Waals surface area contributed by atoms with Crippen molar-refractivity contribution >= 4 is 6.21 Å². The van der Waals surface area contributed by atoms with Crippen LogP contribution in [0.2, 0.25) is 0 Å². The highest BCUT2D eigenvalue weighted by Gasteiger charge is 1.95. The third kappa shape index (κ3) is 2.58. The molecule has 0 amide bonds. The number of aromatic amines is 2. The molecule has 0 bridgehead atoms. The first kappa shape index (κ1) is 9.24. The highest BCUT2D eigenvalue weighted by Crippen LogP contribution is 1.80. The van der Waals surface area contributed by atoms with Gasteiger partial charge in [-0.3, -0.25) is 9.78 Å². The van der Waals surface area contributed by atoms with Gasteiger partial charge >= 0.3 is 5.69 Å². The van der Waals surface area contributed by atoms with Gasteiger partial charge in [0.1, 0.15) is 0 Å². The van der Waals surface area contributed by atoms with Crippen molar-refractivity contribution < 1.29 is 0 Å². The van der Waals surface area contributed by atoms with Crippen molar-refractivity contribution in [1.29, 1.82) is 0 Å². The van der Waals surface area contributed by atoms with Crippen LogP contribution in [-0.2, 0) is 0 Å². The van der Waals surface area contributed by atoms with Crippen LogP contribution in [0.1, 0.15) is 5.56 Å². The number of nitrogens with one attached hydrogen (secondary N) is 2. The van der Waals surface area contributed by atoms with Gasteiger partial charge < -0.3 is 9.99 Å². The third-order valence-electron chi connectivity index (χ3n) is 1.28. The molecule has 0 spiro atoms. The molecule has 0 radical (unpaired) electrons. The molecule has 0 aliphatic carbocycles. The van der Waals surface area contributed by atoms with Crippen LogP contribution < -0.4 is 11.2 Å². The fraction of sp³-hybridized carbons (Fsp3) is 0.286. The van der Waals surface area contributed by atoms with Crippen molar-refractivity contribution in [3.8, 4) is 0 Å². The average Bonchev–Trinajstić information content (AvgIpc) is 2.02. The summed E-state index contributed by atoms with van der Waals surface area (Å²) in [6.45, 7) is 0. The van der Waals surface area contributed by atoms with E-state index in [1.165, 1.54) is 12.4 Å². The number of hydrogen-bond donors (Lipinski definition) is 2. The van der Waals surface area contributed by atoms with Crippen LogP contribution in [0.15, 0.2) is 20.9 Å². The fourth-order valence-corrected chi connectivity index (χ4v) is 0.694. The normalized spacial score (nSPS) is 10.6. The molecule has 0 aliphatic heterocycles. The van der Waals surface area contributed by atoms with Crippen LogP contribution in [-0.4, -0.2) is 35.3 Å². The van der Waals surface area contributed by atoms with E-state index in [1.54, 1.807) is 19.1 Å². The minimum atomic E-state index is -0.521. The maximum Gasteiger partial charge on any atom is 0.325 e. The maximum absolute atomic E-state index is 11.1. The molecule has 0 saturated heterocycles. The average molecular weight is 182 g/mol. The molecule has 70 valence electrons. The van der Waals surface area contributed by atoms with Crippen molar-refractivity contribution in [3.05, 3.63) is 32.6 Å². The summed E-state index contributed by atoms with van der Waals surface area (Å²) >= 11 is 0. The molecule has 0 aliphatic rings. The van der Waals surface area contributed by atoms with Crippen molar-refractivity contribution in [2.45, 2.75) is 0 Å². The second-order valence-corrected chi connectivity index (χ2v) is 2.62. The van der Waals surface area contributed by atoms with Crippen LogP contribution in [0.3, 0.4) is 0 Å². The molecule has 1 aromatic rings. The van der Waals surface area contributed by atoms with E-state index in [1.807, 2.05) is 0 Å². The van der Waals surface area contributed by atoms with Crippen molar-refractivity contribution in [3.63, 3.8) is 0 Å². The lowest BCUT2D eigenvalue weighted by molar-refractivity contribution is 0.440. The topological polar surface area (TPSA) is 81.3 Å². The minimum absolute atomic E-state index is 0.313. The molecule has 1 rings (SSSR count). The molecule has 0 atom stereocenters. The summed E-state index contributed by atoms with van der Waals surface area (Å²) in [6, 6.07) is 0. The molecule has 1 heterocycles. The number of nitrogens with zero attached hydrogens (tertiary/aromatic N) is 2. The lowest BCUT2D eigenvalue weighted by Gasteiger charge is -2.01. The Balaban J connectivity index is 3.04. The van der Waals surface area contributed by atoms with Gasteiger partial charge in [0.15, 0.2) is 0 Å². The van der Waals surface area contributed by atoms with E-state index < -0.39 is 11.2 Å². The fourth-order valence-electron chi connectivity index (χ4n) is 0.694. The third-order valence-corrected chi connectivity index (χ3v) is 1.28. The number of hydrogen-bond acceptors (Lipinski definition) is 4. The van der Waals surface area contributed by atoms with Gasteiger partial charge in [-0.25, -0.2) is 4.79 Å².